The van der Waals surface area contributed by atoms with E-state index < -0.39 is 12.0 Å². The van der Waals surface area contributed by atoms with Crippen molar-refractivity contribution in [1.29, 1.82) is 0 Å². The second kappa shape index (κ2) is 10.8. The zero-order chi connectivity index (χ0) is 28.5. The average Bonchev–Trinajstić information content (AvgIpc) is 2.89. The summed E-state index contributed by atoms with van der Waals surface area (Å²) in [6.45, 7) is 10.0. The number of benzene rings is 3. The van der Waals surface area contributed by atoms with Crippen molar-refractivity contribution in [1.82, 2.24) is 0 Å². The summed E-state index contributed by atoms with van der Waals surface area (Å²) < 4.78 is 0. The van der Waals surface area contributed by atoms with Crippen molar-refractivity contribution in [3.05, 3.63) is 94.0 Å². The maximum absolute atomic E-state index is 11.4. The van der Waals surface area contributed by atoms with Gasteiger partial charge in [0.1, 0.15) is 6.10 Å². The third kappa shape index (κ3) is 6.13. The SMILES string of the molecule is CN(C)c1ccc(CN(C)c2cc(C(O)C#Cc3ccc(C(N)=O)cc3)cc3c2C(C)(C)CCC3(C)C)cc1. The van der Waals surface area contributed by atoms with E-state index in [1.54, 1.807) is 24.3 Å². The highest BCUT2D eigenvalue weighted by atomic mass is 16.3. The summed E-state index contributed by atoms with van der Waals surface area (Å²) in [5, 5.41) is 11.2. The Kier molecular flexibility index (Phi) is 7.82. The molecule has 0 saturated heterocycles. The fourth-order valence-electron chi connectivity index (χ4n) is 5.45. The Balaban J connectivity index is 1.74. The number of carbonyl (C=O) groups excluding carboxylic acids is 1. The summed E-state index contributed by atoms with van der Waals surface area (Å²) in [5.41, 5.74) is 13.5. The van der Waals surface area contributed by atoms with Gasteiger partial charge < -0.3 is 20.6 Å². The quantitative estimate of drug-likeness (QED) is 0.394. The number of amides is 1. The molecule has 0 radical (unpaired) electrons. The third-order valence-corrected chi connectivity index (χ3v) is 8.04. The molecule has 1 aliphatic rings. The Morgan fingerprint density at radius 2 is 1.56 bits per heavy atom. The van der Waals surface area contributed by atoms with Crippen LogP contribution in [-0.2, 0) is 17.4 Å². The van der Waals surface area contributed by atoms with Crippen LogP contribution in [-0.4, -0.2) is 32.2 Å². The molecule has 0 bridgehead atoms. The van der Waals surface area contributed by atoms with Crippen LogP contribution in [0, 0.1) is 11.8 Å². The Hall–Kier alpha value is -3.75. The highest BCUT2D eigenvalue weighted by molar-refractivity contribution is 5.92. The number of carbonyl (C=O) groups is 1. The predicted molar refractivity (Wildman–Crippen MR) is 161 cm³/mol. The first-order valence-electron chi connectivity index (χ1n) is 13.5. The lowest BCUT2D eigenvalue weighted by Gasteiger charge is -2.44. The minimum absolute atomic E-state index is 0.0123. The minimum Gasteiger partial charge on any atom is -0.378 e. The lowest BCUT2D eigenvalue weighted by atomic mass is 9.62. The molecule has 0 aliphatic heterocycles. The van der Waals surface area contributed by atoms with Gasteiger partial charge in [-0.05, 0) is 88.4 Å². The molecular formula is C34H41N3O2. The first-order chi connectivity index (χ1) is 18.3. The van der Waals surface area contributed by atoms with E-state index >= 15 is 0 Å². The lowest BCUT2D eigenvalue weighted by molar-refractivity contribution is 0.1000. The minimum atomic E-state index is -0.946. The fourth-order valence-corrected chi connectivity index (χ4v) is 5.45. The van der Waals surface area contributed by atoms with Gasteiger partial charge in [0.05, 0.1) is 0 Å². The predicted octanol–water partition coefficient (Wildman–Crippen LogP) is 5.92. The van der Waals surface area contributed by atoms with E-state index in [0.29, 0.717) is 5.56 Å². The van der Waals surface area contributed by atoms with E-state index in [1.807, 2.05) is 14.1 Å². The van der Waals surface area contributed by atoms with Crippen LogP contribution in [0.5, 0.6) is 0 Å². The maximum Gasteiger partial charge on any atom is 0.248 e. The van der Waals surface area contributed by atoms with Gasteiger partial charge in [-0.1, -0.05) is 57.7 Å². The van der Waals surface area contributed by atoms with Crippen LogP contribution in [0.25, 0.3) is 0 Å². The number of nitrogens with zero attached hydrogens (tertiary/aromatic N) is 2. The van der Waals surface area contributed by atoms with Gasteiger partial charge in [-0.25, -0.2) is 0 Å². The van der Waals surface area contributed by atoms with Crippen LogP contribution >= 0.6 is 0 Å². The lowest BCUT2D eigenvalue weighted by Crippen LogP contribution is -2.36. The number of primary amides is 1. The molecular weight excluding hydrogens is 482 g/mol. The van der Waals surface area contributed by atoms with Crippen molar-refractivity contribution in [2.24, 2.45) is 5.73 Å². The highest BCUT2D eigenvalue weighted by Crippen LogP contribution is 2.50. The van der Waals surface area contributed by atoms with E-state index in [2.05, 4.69) is 92.8 Å². The number of nitrogens with two attached hydrogens (primary N) is 1. The van der Waals surface area contributed by atoms with Crippen LogP contribution < -0.4 is 15.5 Å². The molecule has 0 spiro atoms. The molecule has 5 nitrogen and oxygen atoms in total. The summed E-state index contributed by atoms with van der Waals surface area (Å²) in [6, 6.07) is 19.7. The molecule has 3 N–H and O–H groups in total. The summed E-state index contributed by atoms with van der Waals surface area (Å²) in [7, 11) is 6.23. The van der Waals surface area contributed by atoms with Gasteiger partial charge in [0.15, 0.2) is 0 Å². The fraction of sp³-hybridized carbons (Fsp3) is 0.382. The van der Waals surface area contributed by atoms with Crippen LogP contribution in [0.3, 0.4) is 0 Å². The van der Waals surface area contributed by atoms with E-state index in [4.69, 9.17) is 5.73 Å². The standard InChI is InChI=1S/C34H41N3O2/c1-33(2)18-19-34(3,4)31-28(33)20-26(30(38)17-12-23-8-13-25(14-9-23)32(35)39)21-29(31)37(7)22-24-10-15-27(16-11-24)36(5)6/h8-11,13-16,20-21,30,38H,18-19,22H2,1-7H3,(H2,35,39). The van der Waals surface area contributed by atoms with E-state index in [1.165, 1.54) is 22.4 Å². The number of aliphatic hydroxyl groups excluding tert-OH is 1. The van der Waals surface area contributed by atoms with Crippen molar-refractivity contribution in [3.8, 4) is 11.8 Å². The Bertz CT molecular complexity index is 1410. The molecule has 3 aromatic rings. The Labute approximate surface area is 233 Å². The molecule has 5 heteroatoms. The molecule has 3 aromatic carbocycles. The molecule has 1 aliphatic carbocycles. The second-order valence-electron chi connectivity index (χ2n) is 12.3. The number of rotatable bonds is 6. The van der Waals surface area contributed by atoms with Gasteiger partial charge in [-0.15, -0.1) is 0 Å². The third-order valence-electron chi connectivity index (χ3n) is 8.04. The molecule has 1 unspecified atom stereocenters. The Morgan fingerprint density at radius 1 is 0.949 bits per heavy atom. The van der Waals surface area contributed by atoms with Crippen molar-refractivity contribution in [2.75, 3.05) is 30.9 Å². The first-order valence-corrected chi connectivity index (χ1v) is 13.5. The second-order valence-corrected chi connectivity index (χ2v) is 12.3. The molecule has 0 fully saturated rings. The number of hydrogen-bond donors (Lipinski definition) is 2. The number of anilines is 2. The van der Waals surface area contributed by atoms with Crippen LogP contribution in [0.1, 0.15) is 84.8 Å². The summed E-state index contributed by atoms with van der Waals surface area (Å²) in [6.07, 6.45) is 1.24. The van der Waals surface area contributed by atoms with Gasteiger partial charge in [-0.3, -0.25) is 4.79 Å². The Morgan fingerprint density at radius 3 is 2.15 bits per heavy atom. The number of aliphatic hydroxyl groups is 1. The van der Waals surface area contributed by atoms with Crippen LogP contribution in [0.4, 0.5) is 11.4 Å². The van der Waals surface area contributed by atoms with E-state index in [0.717, 1.165) is 36.2 Å². The average molecular weight is 524 g/mol. The molecule has 1 amide bonds. The van der Waals surface area contributed by atoms with Gasteiger partial charge in [0, 0.05) is 50.2 Å². The van der Waals surface area contributed by atoms with Crippen molar-refractivity contribution in [3.63, 3.8) is 0 Å². The first kappa shape index (κ1) is 28.3. The summed E-state index contributed by atoms with van der Waals surface area (Å²) in [4.78, 5) is 15.8. The topological polar surface area (TPSA) is 69.8 Å². The highest BCUT2D eigenvalue weighted by Gasteiger charge is 2.40. The largest absolute Gasteiger partial charge is 0.378 e. The van der Waals surface area contributed by atoms with E-state index in [-0.39, 0.29) is 10.8 Å². The van der Waals surface area contributed by atoms with Crippen molar-refractivity contribution >= 4 is 17.3 Å². The summed E-state index contributed by atoms with van der Waals surface area (Å²) in [5.74, 6) is 5.60. The van der Waals surface area contributed by atoms with Crippen LogP contribution in [0.15, 0.2) is 60.7 Å². The molecule has 4 rings (SSSR count). The van der Waals surface area contributed by atoms with Gasteiger partial charge >= 0.3 is 0 Å². The molecule has 1 atom stereocenters. The van der Waals surface area contributed by atoms with Crippen molar-refractivity contribution < 1.29 is 9.90 Å². The number of hydrogen-bond acceptors (Lipinski definition) is 4. The van der Waals surface area contributed by atoms with Crippen LogP contribution in [0.2, 0.25) is 0 Å². The molecule has 0 heterocycles. The smallest absolute Gasteiger partial charge is 0.248 e. The molecule has 39 heavy (non-hydrogen) atoms. The maximum atomic E-state index is 11.4. The zero-order valence-electron chi connectivity index (χ0n) is 24.3. The summed E-state index contributed by atoms with van der Waals surface area (Å²) >= 11 is 0. The molecule has 0 saturated carbocycles. The molecule has 204 valence electrons. The van der Waals surface area contributed by atoms with Gasteiger partial charge in [0.2, 0.25) is 5.91 Å². The monoisotopic (exact) mass is 523 g/mol. The van der Waals surface area contributed by atoms with E-state index in [9.17, 15) is 9.90 Å². The number of fused-ring (bicyclic) bond motifs is 1. The van der Waals surface area contributed by atoms with Gasteiger partial charge in [-0.2, -0.15) is 0 Å². The normalized spacial score (nSPS) is 15.9. The van der Waals surface area contributed by atoms with Gasteiger partial charge in [0.25, 0.3) is 0 Å². The van der Waals surface area contributed by atoms with Crippen molar-refractivity contribution in [2.45, 2.75) is 64.0 Å². The molecule has 0 aromatic heterocycles. The zero-order valence-corrected chi connectivity index (χ0v) is 24.3.